The Balaban J connectivity index is 1.61. The van der Waals surface area contributed by atoms with E-state index in [2.05, 4.69) is 42.8 Å². The molecule has 0 bridgehead atoms. The third-order valence-electron chi connectivity index (χ3n) is 5.34. The highest BCUT2D eigenvalue weighted by atomic mass is 16.3. The van der Waals surface area contributed by atoms with Crippen molar-refractivity contribution in [2.45, 2.75) is 19.3 Å². The Labute approximate surface area is 164 Å². The monoisotopic (exact) mass is 367 g/mol. The second-order valence-electron chi connectivity index (χ2n) is 7.09. The largest absolute Gasteiger partial charge is 0.505 e. The molecular weight excluding hydrogens is 346 g/mol. The molecule has 1 aromatic heterocycles. The second kappa shape index (κ2) is 7.28. The van der Waals surface area contributed by atoms with Crippen LogP contribution < -0.4 is 0 Å². The van der Waals surface area contributed by atoms with Crippen LogP contribution in [-0.4, -0.2) is 15.9 Å². The number of aromatic nitrogens is 1. The average Bonchev–Trinajstić information content (AvgIpc) is 2.73. The number of carbonyl (C=O) groups is 1. The van der Waals surface area contributed by atoms with Crippen LogP contribution in [-0.2, 0) is 0 Å². The zero-order valence-electron chi connectivity index (χ0n) is 15.7. The van der Waals surface area contributed by atoms with Crippen LogP contribution in [0.15, 0.2) is 85.1 Å². The fourth-order valence-electron chi connectivity index (χ4n) is 3.66. The van der Waals surface area contributed by atoms with Gasteiger partial charge in [-0.2, -0.15) is 0 Å². The summed E-state index contributed by atoms with van der Waals surface area (Å²) in [5.41, 5.74) is 2.71. The first kappa shape index (κ1) is 17.9. The number of aromatic hydroxyl groups is 1. The van der Waals surface area contributed by atoms with Gasteiger partial charge in [0.15, 0.2) is 11.5 Å². The van der Waals surface area contributed by atoms with Crippen molar-refractivity contribution in [3.05, 3.63) is 96.2 Å². The second-order valence-corrected chi connectivity index (χ2v) is 7.09. The van der Waals surface area contributed by atoms with Gasteiger partial charge >= 0.3 is 0 Å². The highest BCUT2D eigenvalue weighted by molar-refractivity contribution is 6.04. The molecule has 3 nitrogen and oxygen atoms in total. The van der Waals surface area contributed by atoms with Crippen LogP contribution in [0.1, 0.15) is 35.2 Å². The maximum Gasteiger partial charge on any atom is 0.170 e. The predicted molar refractivity (Wildman–Crippen MR) is 114 cm³/mol. The molecule has 0 fully saturated rings. The minimum atomic E-state index is -0.151. The van der Waals surface area contributed by atoms with Gasteiger partial charge in [-0.1, -0.05) is 73.7 Å². The van der Waals surface area contributed by atoms with E-state index >= 15 is 0 Å². The molecule has 0 spiro atoms. The summed E-state index contributed by atoms with van der Waals surface area (Å²) in [6, 6.07) is 21.6. The molecule has 1 heterocycles. The topological polar surface area (TPSA) is 50.2 Å². The number of carbonyl (C=O) groups excluding carboxylic acids is 1. The number of fused-ring (bicyclic) bond motifs is 2. The normalized spacial score (nSPS) is 12.2. The van der Waals surface area contributed by atoms with Gasteiger partial charge in [0.05, 0.1) is 5.56 Å². The number of pyridine rings is 1. The van der Waals surface area contributed by atoms with Gasteiger partial charge in [-0.25, -0.2) is 0 Å². The minimum Gasteiger partial charge on any atom is -0.505 e. The molecule has 1 atom stereocenters. The lowest BCUT2D eigenvalue weighted by Crippen LogP contribution is -2.06. The zero-order valence-corrected chi connectivity index (χ0v) is 15.7. The average molecular weight is 367 g/mol. The van der Waals surface area contributed by atoms with E-state index in [-0.39, 0.29) is 29.4 Å². The van der Waals surface area contributed by atoms with Gasteiger partial charge in [0.1, 0.15) is 5.52 Å². The van der Waals surface area contributed by atoms with Crippen LogP contribution in [0.3, 0.4) is 0 Å². The molecule has 0 aliphatic rings. The molecule has 3 aromatic carbocycles. The van der Waals surface area contributed by atoms with Crippen molar-refractivity contribution < 1.29 is 9.90 Å². The summed E-state index contributed by atoms with van der Waals surface area (Å²) in [6.45, 7) is 6.25. The van der Waals surface area contributed by atoms with Crippen LogP contribution in [0.4, 0.5) is 0 Å². The molecule has 0 unspecified atom stereocenters. The summed E-state index contributed by atoms with van der Waals surface area (Å²) in [5, 5.41) is 13.7. The van der Waals surface area contributed by atoms with E-state index in [1.54, 1.807) is 18.3 Å². The van der Waals surface area contributed by atoms with Gasteiger partial charge in [-0.3, -0.25) is 9.78 Å². The smallest absolute Gasteiger partial charge is 0.170 e. The van der Waals surface area contributed by atoms with Crippen LogP contribution in [0.25, 0.3) is 21.7 Å². The Bertz CT molecular complexity index is 1200. The van der Waals surface area contributed by atoms with Gasteiger partial charge in [-0.15, -0.1) is 0 Å². The SMILES string of the molecule is C=C(CC(=O)c1ccc2cccnc2c1O)[C@@H](C)c1cccc2ccccc12. The van der Waals surface area contributed by atoms with Crippen molar-refractivity contribution in [3.8, 4) is 5.75 Å². The van der Waals surface area contributed by atoms with Crippen molar-refractivity contribution in [2.75, 3.05) is 0 Å². The third kappa shape index (κ3) is 3.16. The molecule has 0 saturated carbocycles. The molecule has 0 amide bonds. The maximum absolute atomic E-state index is 12.9. The number of benzene rings is 3. The number of phenols is 1. The van der Waals surface area contributed by atoms with E-state index in [1.165, 1.54) is 10.8 Å². The number of hydrogen-bond donors (Lipinski definition) is 1. The Hall–Kier alpha value is -3.46. The standard InChI is InChI=1S/C25H21NO2/c1-16(17(2)20-11-5-8-18-7-3-4-10-21(18)20)15-23(27)22-13-12-19-9-6-14-26-24(19)25(22)28/h3-14,17,28H,1,15H2,2H3/t17-/m1/s1. The molecular formula is C25H21NO2. The highest BCUT2D eigenvalue weighted by Gasteiger charge is 2.19. The van der Waals surface area contributed by atoms with E-state index in [4.69, 9.17) is 0 Å². The fraction of sp³-hybridized carbons (Fsp3) is 0.120. The van der Waals surface area contributed by atoms with E-state index in [1.807, 2.05) is 30.3 Å². The van der Waals surface area contributed by atoms with Crippen molar-refractivity contribution in [3.63, 3.8) is 0 Å². The van der Waals surface area contributed by atoms with Gasteiger partial charge in [0.25, 0.3) is 0 Å². The molecule has 3 heteroatoms. The van der Waals surface area contributed by atoms with Crippen molar-refractivity contribution >= 4 is 27.5 Å². The van der Waals surface area contributed by atoms with Crippen molar-refractivity contribution in [1.29, 1.82) is 0 Å². The first-order valence-electron chi connectivity index (χ1n) is 9.31. The summed E-state index contributed by atoms with van der Waals surface area (Å²) in [6.07, 6.45) is 1.79. The van der Waals surface area contributed by atoms with Gasteiger partial charge in [-0.05, 0) is 28.5 Å². The number of hydrogen-bond acceptors (Lipinski definition) is 3. The summed E-state index contributed by atoms with van der Waals surface area (Å²) < 4.78 is 0. The number of ketones is 1. The fourth-order valence-corrected chi connectivity index (χ4v) is 3.66. The molecule has 0 radical (unpaired) electrons. The Morgan fingerprint density at radius 2 is 1.75 bits per heavy atom. The zero-order chi connectivity index (χ0) is 19.7. The molecule has 4 aromatic rings. The lowest BCUT2D eigenvalue weighted by molar-refractivity contribution is 0.0989. The Kier molecular flexibility index (Phi) is 4.66. The summed E-state index contributed by atoms with van der Waals surface area (Å²) in [5.74, 6) is -0.188. The third-order valence-corrected chi connectivity index (χ3v) is 5.34. The molecule has 1 N–H and O–H groups in total. The minimum absolute atomic E-state index is 0.0239. The maximum atomic E-state index is 12.9. The molecule has 138 valence electrons. The predicted octanol–water partition coefficient (Wildman–Crippen LogP) is 6.03. The molecule has 0 aliphatic heterocycles. The Morgan fingerprint density at radius 3 is 2.61 bits per heavy atom. The number of Topliss-reactive ketones (excluding diaryl/α,β-unsaturated/α-hetero) is 1. The van der Waals surface area contributed by atoms with E-state index < -0.39 is 0 Å². The van der Waals surface area contributed by atoms with Crippen LogP contribution >= 0.6 is 0 Å². The lowest BCUT2D eigenvalue weighted by Gasteiger charge is -2.17. The molecule has 4 rings (SSSR count). The number of phenolic OH excluding ortho intramolecular Hbond substituents is 1. The van der Waals surface area contributed by atoms with E-state index in [0.717, 1.165) is 16.5 Å². The van der Waals surface area contributed by atoms with Gasteiger partial charge in [0.2, 0.25) is 0 Å². The van der Waals surface area contributed by atoms with Crippen molar-refractivity contribution in [2.24, 2.45) is 0 Å². The summed E-state index contributed by atoms with van der Waals surface area (Å²) in [4.78, 5) is 17.1. The first-order valence-corrected chi connectivity index (χ1v) is 9.31. The Morgan fingerprint density at radius 1 is 1.00 bits per heavy atom. The summed E-state index contributed by atoms with van der Waals surface area (Å²) >= 11 is 0. The molecule has 0 aliphatic carbocycles. The van der Waals surface area contributed by atoms with Gasteiger partial charge < -0.3 is 5.11 Å². The van der Waals surface area contributed by atoms with Crippen LogP contribution in [0.5, 0.6) is 5.75 Å². The molecule has 28 heavy (non-hydrogen) atoms. The van der Waals surface area contributed by atoms with Crippen LogP contribution in [0, 0.1) is 0 Å². The number of allylic oxidation sites excluding steroid dienone is 1. The van der Waals surface area contributed by atoms with E-state index in [0.29, 0.717) is 5.52 Å². The lowest BCUT2D eigenvalue weighted by atomic mass is 9.86. The number of rotatable bonds is 5. The van der Waals surface area contributed by atoms with Crippen LogP contribution in [0.2, 0.25) is 0 Å². The summed E-state index contributed by atoms with van der Waals surface area (Å²) in [7, 11) is 0. The number of nitrogens with zero attached hydrogens (tertiary/aromatic N) is 1. The van der Waals surface area contributed by atoms with Crippen molar-refractivity contribution in [1.82, 2.24) is 4.98 Å². The molecule has 0 saturated heterocycles. The first-order chi connectivity index (χ1) is 13.6. The highest BCUT2D eigenvalue weighted by Crippen LogP contribution is 2.33. The van der Waals surface area contributed by atoms with E-state index in [9.17, 15) is 9.90 Å². The quantitative estimate of drug-likeness (QED) is 0.346. The van der Waals surface area contributed by atoms with Gasteiger partial charge in [0, 0.05) is 23.9 Å².